The van der Waals surface area contributed by atoms with Crippen molar-refractivity contribution in [3.05, 3.63) is 11.4 Å². The Hall–Kier alpha value is -1.57. The molecule has 0 fully saturated rings. The molecule has 1 atom stereocenters. The largest absolute Gasteiger partial charge is 0.465 e. The number of esters is 2. The maximum atomic E-state index is 11.8. The van der Waals surface area contributed by atoms with E-state index in [4.69, 9.17) is 16.0 Å². The Kier molecular flexibility index (Phi) is 7.77. The predicted molar refractivity (Wildman–Crippen MR) is 66.6 cm³/mol. The first-order chi connectivity index (χ1) is 8.47. The molecule has 102 valence electrons. The molecule has 1 unspecified atom stereocenters. The highest BCUT2D eigenvalue weighted by atomic mass is 16.6. The van der Waals surface area contributed by atoms with Crippen molar-refractivity contribution < 1.29 is 19.1 Å². The SMILES string of the molecule is [C-]#[N+]C(CC(C)C)C(C(=O)OCC)C(=O)OCC. The van der Waals surface area contributed by atoms with E-state index in [2.05, 4.69) is 4.85 Å². The van der Waals surface area contributed by atoms with Crippen LogP contribution in [0.4, 0.5) is 0 Å². The van der Waals surface area contributed by atoms with Crippen LogP contribution in [-0.2, 0) is 19.1 Å². The molecule has 0 spiro atoms. The first-order valence-electron chi connectivity index (χ1n) is 6.17. The number of rotatable bonds is 7. The number of hydrogen-bond acceptors (Lipinski definition) is 4. The molecule has 0 radical (unpaired) electrons. The minimum atomic E-state index is -1.13. The summed E-state index contributed by atoms with van der Waals surface area (Å²) in [7, 11) is 0. The van der Waals surface area contributed by atoms with E-state index in [1.165, 1.54) is 0 Å². The molecule has 0 amide bonds. The molecule has 0 aliphatic rings. The van der Waals surface area contributed by atoms with Crippen LogP contribution in [-0.4, -0.2) is 31.2 Å². The fourth-order valence-electron chi connectivity index (χ4n) is 1.62. The smallest absolute Gasteiger partial charge is 0.328 e. The Labute approximate surface area is 108 Å². The second-order valence-corrected chi connectivity index (χ2v) is 4.31. The molecule has 0 bridgehead atoms. The van der Waals surface area contributed by atoms with Gasteiger partial charge in [-0.3, -0.25) is 9.59 Å². The van der Waals surface area contributed by atoms with Gasteiger partial charge in [0.1, 0.15) is 0 Å². The zero-order valence-electron chi connectivity index (χ0n) is 11.4. The first kappa shape index (κ1) is 16.4. The molecular weight excluding hydrogens is 234 g/mol. The second-order valence-electron chi connectivity index (χ2n) is 4.31. The minimum Gasteiger partial charge on any atom is -0.465 e. The highest BCUT2D eigenvalue weighted by Crippen LogP contribution is 2.20. The summed E-state index contributed by atoms with van der Waals surface area (Å²) in [6.45, 7) is 14.7. The van der Waals surface area contributed by atoms with Crippen LogP contribution in [0.3, 0.4) is 0 Å². The van der Waals surface area contributed by atoms with E-state index in [0.29, 0.717) is 6.42 Å². The highest BCUT2D eigenvalue weighted by Gasteiger charge is 2.42. The summed E-state index contributed by atoms with van der Waals surface area (Å²) in [6, 6.07) is -0.719. The summed E-state index contributed by atoms with van der Waals surface area (Å²) in [4.78, 5) is 26.9. The van der Waals surface area contributed by atoms with E-state index in [0.717, 1.165) is 0 Å². The van der Waals surface area contributed by atoms with Crippen molar-refractivity contribution in [2.75, 3.05) is 13.2 Å². The lowest BCUT2D eigenvalue weighted by Crippen LogP contribution is -2.37. The molecule has 0 aromatic rings. The van der Waals surface area contributed by atoms with Gasteiger partial charge in [0.15, 0.2) is 0 Å². The van der Waals surface area contributed by atoms with Crippen molar-refractivity contribution >= 4 is 11.9 Å². The molecule has 5 nitrogen and oxygen atoms in total. The van der Waals surface area contributed by atoms with Gasteiger partial charge in [-0.25, -0.2) is 6.57 Å². The first-order valence-corrected chi connectivity index (χ1v) is 6.17. The number of hydrogen-bond donors (Lipinski definition) is 0. The van der Waals surface area contributed by atoms with Crippen LogP contribution in [0, 0.1) is 18.4 Å². The van der Waals surface area contributed by atoms with Gasteiger partial charge in [0.05, 0.1) is 13.2 Å². The average Bonchev–Trinajstić information content (AvgIpc) is 2.28. The van der Waals surface area contributed by atoms with Crippen molar-refractivity contribution in [2.24, 2.45) is 11.8 Å². The van der Waals surface area contributed by atoms with Gasteiger partial charge in [-0.15, -0.1) is 0 Å². The summed E-state index contributed by atoms with van der Waals surface area (Å²) in [5.74, 6) is -2.25. The van der Waals surface area contributed by atoms with Crippen LogP contribution in [0.15, 0.2) is 0 Å². The lowest BCUT2D eigenvalue weighted by Gasteiger charge is -2.17. The van der Waals surface area contributed by atoms with E-state index < -0.39 is 23.9 Å². The summed E-state index contributed by atoms with van der Waals surface area (Å²) < 4.78 is 9.71. The number of carbonyl (C=O) groups is 2. The van der Waals surface area contributed by atoms with Crippen LogP contribution in [0.25, 0.3) is 4.85 Å². The Morgan fingerprint density at radius 2 is 1.56 bits per heavy atom. The molecule has 0 saturated heterocycles. The molecule has 0 N–H and O–H groups in total. The van der Waals surface area contributed by atoms with Crippen molar-refractivity contribution in [2.45, 2.75) is 40.2 Å². The van der Waals surface area contributed by atoms with Crippen LogP contribution < -0.4 is 0 Å². The predicted octanol–water partition coefficient (Wildman–Crippen LogP) is 2.06. The fraction of sp³-hybridized carbons (Fsp3) is 0.769. The van der Waals surface area contributed by atoms with E-state index in [1.807, 2.05) is 13.8 Å². The normalized spacial score (nSPS) is 12.1. The molecule has 18 heavy (non-hydrogen) atoms. The summed E-state index contributed by atoms with van der Waals surface area (Å²) in [5.41, 5.74) is 0. The van der Waals surface area contributed by atoms with Crippen molar-refractivity contribution in [1.29, 1.82) is 0 Å². The second kappa shape index (κ2) is 8.51. The topological polar surface area (TPSA) is 57.0 Å². The molecule has 0 rings (SSSR count). The van der Waals surface area contributed by atoms with Gasteiger partial charge < -0.3 is 14.3 Å². The third-order valence-electron chi connectivity index (χ3n) is 2.34. The molecule has 0 heterocycles. The molecule has 0 aliphatic carbocycles. The third kappa shape index (κ3) is 5.17. The molecular formula is C13H21NO4. The van der Waals surface area contributed by atoms with E-state index in [-0.39, 0.29) is 19.1 Å². The van der Waals surface area contributed by atoms with Gasteiger partial charge in [0.2, 0.25) is 12.0 Å². The van der Waals surface area contributed by atoms with Crippen LogP contribution in [0.5, 0.6) is 0 Å². The average molecular weight is 255 g/mol. The molecule has 5 heteroatoms. The number of ether oxygens (including phenoxy) is 2. The van der Waals surface area contributed by atoms with Gasteiger partial charge in [-0.2, -0.15) is 0 Å². The van der Waals surface area contributed by atoms with Gasteiger partial charge in [0.25, 0.3) is 0 Å². The fourth-order valence-corrected chi connectivity index (χ4v) is 1.62. The third-order valence-corrected chi connectivity index (χ3v) is 2.34. The summed E-state index contributed by atoms with van der Waals surface area (Å²) in [6.07, 6.45) is 0.464. The van der Waals surface area contributed by atoms with E-state index in [1.54, 1.807) is 13.8 Å². The monoisotopic (exact) mass is 255 g/mol. The Morgan fingerprint density at radius 1 is 1.11 bits per heavy atom. The number of nitrogens with zero attached hydrogens (tertiary/aromatic N) is 1. The maximum absolute atomic E-state index is 11.8. The van der Waals surface area contributed by atoms with Crippen LogP contribution in [0.1, 0.15) is 34.1 Å². The van der Waals surface area contributed by atoms with Gasteiger partial charge in [-0.1, -0.05) is 13.8 Å². The van der Waals surface area contributed by atoms with Crippen molar-refractivity contribution in [3.8, 4) is 0 Å². The minimum absolute atomic E-state index is 0.182. The van der Waals surface area contributed by atoms with Crippen molar-refractivity contribution in [3.63, 3.8) is 0 Å². The van der Waals surface area contributed by atoms with Gasteiger partial charge >= 0.3 is 11.9 Å². The van der Waals surface area contributed by atoms with Crippen LogP contribution >= 0.6 is 0 Å². The quantitative estimate of drug-likeness (QED) is 0.397. The Balaban J connectivity index is 4.99. The van der Waals surface area contributed by atoms with Crippen molar-refractivity contribution in [1.82, 2.24) is 0 Å². The zero-order valence-corrected chi connectivity index (χ0v) is 11.4. The highest BCUT2D eigenvalue weighted by molar-refractivity contribution is 5.96. The summed E-state index contributed by atoms with van der Waals surface area (Å²) in [5, 5.41) is 0. The zero-order chi connectivity index (χ0) is 14.1. The molecule has 0 saturated carbocycles. The molecule has 0 aromatic carbocycles. The van der Waals surface area contributed by atoms with E-state index >= 15 is 0 Å². The van der Waals surface area contributed by atoms with Gasteiger partial charge in [-0.05, 0) is 19.8 Å². The Morgan fingerprint density at radius 3 is 1.83 bits per heavy atom. The number of carbonyl (C=O) groups excluding carboxylic acids is 2. The van der Waals surface area contributed by atoms with Crippen LogP contribution in [0.2, 0.25) is 0 Å². The lowest BCUT2D eigenvalue weighted by molar-refractivity contribution is -0.162. The Bertz CT molecular complexity index is 301. The molecule has 0 aromatic heterocycles. The van der Waals surface area contributed by atoms with E-state index in [9.17, 15) is 9.59 Å². The van der Waals surface area contributed by atoms with Gasteiger partial charge in [0, 0.05) is 6.42 Å². The molecule has 0 aliphatic heterocycles. The maximum Gasteiger partial charge on any atom is 0.328 e. The standard InChI is InChI=1S/C13H21NO4/c1-6-17-12(15)11(13(16)18-7-2)10(14-5)8-9(3)4/h9-11H,6-8H2,1-4H3. The lowest BCUT2D eigenvalue weighted by atomic mass is 9.92. The summed E-state index contributed by atoms with van der Waals surface area (Å²) >= 11 is 0.